The van der Waals surface area contributed by atoms with Gasteiger partial charge in [0.25, 0.3) is 5.91 Å². The number of nitrogens with zero attached hydrogens (tertiary/aromatic N) is 4. The number of hydrogen-bond acceptors (Lipinski definition) is 4. The standard InChI is InChI=1S/C14H13N5O2/c20-13-12-5-9(17-13)6-19(12)14(21)10-3-1-2-4-11(10)18-7-15-16-8-18/h1-4,7-9,12H,5-6H2,(H,17,20)/t9-,12-/m0/s1. The maximum absolute atomic E-state index is 12.8. The van der Waals surface area contributed by atoms with Gasteiger partial charge in [-0.05, 0) is 18.6 Å². The quantitative estimate of drug-likeness (QED) is 0.840. The summed E-state index contributed by atoms with van der Waals surface area (Å²) in [6.45, 7) is 0.575. The van der Waals surface area contributed by atoms with Gasteiger partial charge in [0.1, 0.15) is 18.7 Å². The van der Waals surface area contributed by atoms with Crippen LogP contribution in [0, 0.1) is 0 Å². The summed E-state index contributed by atoms with van der Waals surface area (Å²) >= 11 is 0. The van der Waals surface area contributed by atoms with Gasteiger partial charge in [0.05, 0.1) is 11.3 Å². The van der Waals surface area contributed by atoms with Crippen molar-refractivity contribution in [3.63, 3.8) is 0 Å². The molecule has 3 heterocycles. The molecule has 7 heteroatoms. The van der Waals surface area contributed by atoms with Crippen molar-refractivity contribution in [3.05, 3.63) is 42.5 Å². The number of hydrogen-bond donors (Lipinski definition) is 1. The van der Waals surface area contributed by atoms with E-state index >= 15 is 0 Å². The van der Waals surface area contributed by atoms with E-state index in [0.717, 1.165) is 5.69 Å². The van der Waals surface area contributed by atoms with Crippen molar-refractivity contribution >= 4 is 11.8 Å². The highest BCUT2D eigenvalue weighted by atomic mass is 16.2. The number of para-hydroxylation sites is 1. The molecule has 2 atom stereocenters. The molecule has 1 N–H and O–H groups in total. The number of carbonyl (C=O) groups excluding carboxylic acids is 2. The highest BCUT2D eigenvalue weighted by Crippen LogP contribution is 2.27. The third kappa shape index (κ3) is 1.81. The second-order valence-electron chi connectivity index (χ2n) is 5.30. The molecule has 0 unspecified atom stereocenters. The van der Waals surface area contributed by atoms with Crippen LogP contribution in [0.15, 0.2) is 36.9 Å². The van der Waals surface area contributed by atoms with Crippen molar-refractivity contribution in [3.8, 4) is 5.69 Å². The van der Waals surface area contributed by atoms with E-state index < -0.39 is 0 Å². The maximum Gasteiger partial charge on any atom is 0.256 e. The minimum Gasteiger partial charge on any atom is -0.350 e. The fourth-order valence-corrected chi connectivity index (χ4v) is 3.07. The molecule has 106 valence electrons. The predicted molar refractivity (Wildman–Crippen MR) is 72.7 cm³/mol. The van der Waals surface area contributed by atoms with E-state index in [-0.39, 0.29) is 23.9 Å². The van der Waals surface area contributed by atoms with E-state index in [1.807, 2.05) is 18.2 Å². The summed E-state index contributed by atoms with van der Waals surface area (Å²) in [6.07, 6.45) is 3.81. The second-order valence-corrected chi connectivity index (χ2v) is 5.30. The highest BCUT2D eigenvalue weighted by molar-refractivity contribution is 6.01. The number of rotatable bonds is 2. The molecule has 2 aromatic rings. The Balaban J connectivity index is 1.71. The zero-order chi connectivity index (χ0) is 14.4. The summed E-state index contributed by atoms with van der Waals surface area (Å²) in [4.78, 5) is 26.2. The molecule has 21 heavy (non-hydrogen) atoms. The molecular weight excluding hydrogens is 270 g/mol. The SMILES string of the molecule is O=C1N[C@H]2C[C@@H]1N(C(=O)c1ccccc1-n1cnnc1)C2. The van der Waals surface area contributed by atoms with Crippen LogP contribution in [0.4, 0.5) is 0 Å². The molecule has 0 spiro atoms. The van der Waals surface area contributed by atoms with E-state index in [2.05, 4.69) is 15.5 Å². The van der Waals surface area contributed by atoms with Crippen LogP contribution in [-0.4, -0.2) is 50.1 Å². The van der Waals surface area contributed by atoms with Crippen LogP contribution in [0.2, 0.25) is 0 Å². The lowest BCUT2D eigenvalue weighted by Gasteiger charge is -2.27. The smallest absolute Gasteiger partial charge is 0.256 e. The average molecular weight is 283 g/mol. The number of piperazine rings is 1. The summed E-state index contributed by atoms with van der Waals surface area (Å²) in [5.41, 5.74) is 1.27. The summed E-state index contributed by atoms with van der Waals surface area (Å²) in [6, 6.07) is 7.03. The van der Waals surface area contributed by atoms with Crippen LogP contribution in [0.1, 0.15) is 16.8 Å². The number of aromatic nitrogens is 3. The normalized spacial score (nSPS) is 23.4. The fraction of sp³-hybridized carbons (Fsp3) is 0.286. The summed E-state index contributed by atoms with van der Waals surface area (Å²) in [5.74, 6) is -0.178. The van der Waals surface area contributed by atoms with Crippen LogP contribution in [-0.2, 0) is 4.79 Å². The number of amides is 2. The Hall–Kier alpha value is -2.70. The minimum atomic E-state index is -0.337. The van der Waals surface area contributed by atoms with Crippen LogP contribution in [0.3, 0.4) is 0 Å². The summed E-state index contributed by atoms with van der Waals surface area (Å²) < 4.78 is 1.70. The fourth-order valence-electron chi connectivity index (χ4n) is 3.07. The molecule has 2 aliphatic heterocycles. The molecule has 2 fully saturated rings. The molecule has 0 radical (unpaired) electrons. The predicted octanol–water partition coefficient (Wildman–Crippen LogP) is -0.0198. The largest absolute Gasteiger partial charge is 0.350 e. The van der Waals surface area contributed by atoms with Gasteiger partial charge < -0.3 is 10.2 Å². The topological polar surface area (TPSA) is 80.1 Å². The zero-order valence-electron chi connectivity index (χ0n) is 11.1. The molecule has 0 saturated carbocycles. The van der Waals surface area contributed by atoms with Crippen molar-refractivity contribution in [1.29, 1.82) is 0 Å². The molecule has 1 aromatic carbocycles. The third-order valence-corrected chi connectivity index (χ3v) is 4.04. The van der Waals surface area contributed by atoms with E-state index in [1.54, 1.807) is 28.2 Å². The minimum absolute atomic E-state index is 0.0543. The first-order valence-electron chi connectivity index (χ1n) is 6.79. The van der Waals surface area contributed by atoms with Crippen molar-refractivity contribution in [1.82, 2.24) is 25.0 Å². The molecular formula is C14H13N5O2. The second kappa shape index (κ2) is 4.41. The summed E-state index contributed by atoms with van der Waals surface area (Å²) in [5, 5.41) is 10.4. The molecule has 4 rings (SSSR count). The van der Waals surface area contributed by atoms with E-state index in [9.17, 15) is 9.59 Å². The van der Waals surface area contributed by atoms with Crippen molar-refractivity contribution in [2.75, 3.05) is 6.54 Å². The lowest BCUT2D eigenvalue weighted by molar-refractivity contribution is -0.124. The van der Waals surface area contributed by atoms with Crippen LogP contribution < -0.4 is 5.32 Å². The summed E-state index contributed by atoms with van der Waals surface area (Å²) in [7, 11) is 0. The van der Waals surface area contributed by atoms with E-state index in [0.29, 0.717) is 18.5 Å². The van der Waals surface area contributed by atoms with Crippen molar-refractivity contribution in [2.45, 2.75) is 18.5 Å². The Bertz CT molecular complexity index is 712. The maximum atomic E-state index is 12.8. The van der Waals surface area contributed by atoms with Gasteiger partial charge in [-0.25, -0.2) is 0 Å². The molecule has 2 amide bonds. The van der Waals surface area contributed by atoms with Crippen molar-refractivity contribution < 1.29 is 9.59 Å². The Labute approximate surface area is 120 Å². The van der Waals surface area contributed by atoms with E-state index in [4.69, 9.17) is 0 Å². The van der Waals surface area contributed by atoms with Gasteiger partial charge in [0.2, 0.25) is 5.91 Å². The lowest BCUT2D eigenvalue weighted by atomic mass is 10.1. The molecule has 0 aliphatic carbocycles. The Morgan fingerprint density at radius 3 is 2.71 bits per heavy atom. The average Bonchev–Trinajstić information content (AvgIpc) is 3.22. The molecule has 7 nitrogen and oxygen atoms in total. The third-order valence-electron chi connectivity index (χ3n) is 4.04. The number of likely N-dealkylation sites (tertiary alicyclic amines) is 1. The monoisotopic (exact) mass is 283 g/mol. The molecule has 2 saturated heterocycles. The first-order chi connectivity index (χ1) is 10.2. The Morgan fingerprint density at radius 2 is 2.00 bits per heavy atom. The van der Waals surface area contributed by atoms with Gasteiger partial charge in [-0.2, -0.15) is 0 Å². The number of carbonyl (C=O) groups is 2. The first-order valence-corrected chi connectivity index (χ1v) is 6.79. The number of nitrogens with one attached hydrogen (secondary N) is 1. The lowest BCUT2D eigenvalue weighted by Crippen LogP contribution is -2.50. The van der Waals surface area contributed by atoms with E-state index in [1.165, 1.54) is 0 Å². The van der Waals surface area contributed by atoms with Crippen LogP contribution in [0.5, 0.6) is 0 Å². The van der Waals surface area contributed by atoms with Crippen LogP contribution >= 0.6 is 0 Å². The molecule has 2 bridgehead atoms. The number of benzene rings is 1. The Morgan fingerprint density at radius 1 is 1.24 bits per heavy atom. The van der Waals surface area contributed by atoms with Gasteiger partial charge >= 0.3 is 0 Å². The first kappa shape index (κ1) is 12.1. The molecule has 2 aliphatic rings. The van der Waals surface area contributed by atoms with Crippen LogP contribution in [0.25, 0.3) is 5.69 Å². The van der Waals surface area contributed by atoms with Gasteiger partial charge in [0.15, 0.2) is 0 Å². The van der Waals surface area contributed by atoms with Gasteiger partial charge in [-0.3, -0.25) is 14.2 Å². The Kier molecular flexibility index (Phi) is 2.53. The van der Waals surface area contributed by atoms with Gasteiger partial charge in [-0.15, -0.1) is 10.2 Å². The van der Waals surface area contributed by atoms with Gasteiger partial charge in [-0.1, -0.05) is 12.1 Å². The van der Waals surface area contributed by atoms with Gasteiger partial charge in [0, 0.05) is 12.6 Å². The number of fused-ring (bicyclic) bond motifs is 2. The zero-order valence-corrected chi connectivity index (χ0v) is 11.1. The van der Waals surface area contributed by atoms with Crippen molar-refractivity contribution in [2.24, 2.45) is 0 Å². The highest BCUT2D eigenvalue weighted by Gasteiger charge is 2.46. The molecule has 1 aromatic heterocycles.